The lowest BCUT2D eigenvalue weighted by molar-refractivity contribution is 0.759. The number of fused-ring (bicyclic) bond motifs is 1. The molecule has 3 aromatic heterocycles. The van der Waals surface area contributed by atoms with E-state index >= 15 is 0 Å². The Balaban J connectivity index is 1.77. The Morgan fingerprint density at radius 3 is 2.54 bits per heavy atom. The molecule has 0 aliphatic carbocycles. The first-order chi connectivity index (χ1) is 11.5. The van der Waals surface area contributed by atoms with Gasteiger partial charge in [-0.15, -0.1) is 10.2 Å². The van der Waals surface area contributed by atoms with Gasteiger partial charge in [-0.3, -0.25) is 4.68 Å². The molecule has 1 aromatic carbocycles. The first-order valence-corrected chi connectivity index (χ1v) is 8.75. The topological polar surface area (TPSA) is 60.9 Å². The van der Waals surface area contributed by atoms with Crippen molar-refractivity contribution in [3.05, 3.63) is 51.4 Å². The number of aryl methyl sites for hydroxylation is 2. The van der Waals surface area contributed by atoms with Crippen LogP contribution in [0.3, 0.4) is 0 Å². The summed E-state index contributed by atoms with van der Waals surface area (Å²) in [4.78, 5) is 0.724. The predicted molar refractivity (Wildman–Crippen MR) is 94.9 cm³/mol. The van der Waals surface area contributed by atoms with Crippen LogP contribution in [0.2, 0.25) is 10.0 Å². The summed E-state index contributed by atoms with van der Waals surface area (Å²) in [7, 11) is 1.90. The fraction of sp³-hybridized carbons (Fsp3) is 0.200. The van der Waals surface area contributed by atoms with Crippen molar-refractivity contribution in [2.75, 3.05) is 0 Å². The van der Waals surface area contributed by atoms with Gasteiger partial charge in [0.05, 0.1) is 11.4 Å². The summed E-state index contributed by atoms with van der Waals surface area (Å²) >= 11 is 14.0. The quantitative estimate of drug-likeness (QED) is 0.543. The number of aromatic nitrogens is 6. The maximum atomic E-state index is 6.25. The molecule has 0 amide bonds. The lowest BCUT2D eigenvalue weighted by atomic mass is 10.1. The first-order valence-electron chi connectivity index (χ1n) is 7.18. The molecule has 0 radical (unpaired) electrons. The fourth-order valence-corrected chi connectivity index (χ4v) is 3.98. The molecule has 4 rings (SSSR count). The molecule has 0 fully saturated rings. The van der Waals surface area contributed by atoms with Crippen LogP contribution in [0.1, 0.15) is 17.1 Å². The van der Waals surface area contributed by atoms with Gasteiger partial charge in [0.1, 0.15) is 0 Å². The van der Waals surface area contributed by atoms with Gasteiger partial charge in [-0.05, 0) is 30.7 Å². The number of hydrogen-bond acceptors (Lipinski definition) is 5. The van der Waals surface area contributed by atoms with Crippen molar-refractivity contribution in [1.82, 2.24) is 29.6 Å². The Morgan fingerprint density at radius 1 is 1.12 bits per heavy atom. The van der Waals surface area contributed by atoms with Gasteiger partial charge in [0.15, 0.2) is 10.8 Å². The highest BCUT2D eigenvalue weighted by molar-refractivity contribution is 7.19. The SMILES string of the molecule is Cc1cc(-c2nn3c(Cc4c(Cl)cccc4Cl)nnc3s2)n(C)n1. The molecule has 6 nitrogen and oxygen atoms in total. The van der Waals surface area contributed by atoms with E-state index in [9.17, 15) is 0 Å². The Morgan fingerprint density at radius 2 is 1.88 bits per heavy atom. The molecule has 3 heterocycles. The largest absolute Gasteiger partial charge is 0.265 e. The second-order valence-electron chi connectivity index (χ2n) is 5.39. The average molecular weight is 379 g/mol. The van der Waals surface area contributed by atoms with Crippen LogP contribution in [0.4, 0.5) is 0 Å². The standard InChI is InChI=1S/C15H12Cl2N6S/c1-8-6-12(22(2)20-8)14-21-23-13(18-19-15(23)24-14)7-9-10(16)4-3-5-11(9)17/h3-6H,7H2,1-2H3. The number of halogens is 2. The highest BCUT2D eigenvalue weighted by Gasteiger charge is 2.17. The molecule has 0 saturated carbocycles. The third-order valence-corrected chi connectivity index (χ3v) is 5.30. The summed E-state index contributed by atoms with van der Waals surface area (Å²) in [5.41, 5.74) is 2.72. The molecule has 0 spiro atoms. The zero-order valence-electron chi connectivity index (χ0n) is 12.9. The maximum absolute atomic E-state index is 6.25. The lowest BCUT2D eigenvalue weighted by Gasteiger charge is -2.04. The van der Waals surface area contributed by atoms with E-state index in [1.54, 1.807) is 4.52 Å². The van der Waals surface area contributed by atoms with Crippen molar-refractivity contribution in [1.29, 1.82) is 0 Å². The average Bonchev–Trinajstić information content (AvgIpc) is 3.18. The maximum Gasteiger partial charge on any atom is 0.235 e. The minimum absolute atomic E-state index is 0.466. The zero-order valence-corrected chi connectivity index (χ0v) is 15.2. The minimum atomic E-state index is 0.466. The highest BCUT2D eigenvalue weighted by atomic mass is 35.5. The van der Waals surface area contributed by atoms with Gasteiger partial charge in [0.25, 0.3) is 0 Å². The zero-order chi connectivity index (χ0) is 16.8. The molecule has 0 N–H and O–H groups in total. The minimum Gasteiger partial charge on any atom is -0.265 e. The molecule has 4 aromatic rings. The van der Waals surface area contributed by atoms with Crippen LogP contribution in [-0.2, 0) is 13.5 Å². The second kappa shape index (κ2) is 5.84. The van der Waals surface area contributed by atoms with Crippen LogP contribution >= 0.6 is 34.5 Å². The summed E-state index contributed by atoms with van der Waals surface area (Å²) in [6.07, 6.45) is 0.466. The number of rotatable bonds is 3. The van der Waals surface area contributed by atoms with Crippen LogP contribution in [0.5, 0.6) is 0 Å². The van der Waals surface area contributed by atoms with Gasteiger partial charge in [0.2, 0.25) is 4.96 Å². The van der Waals surface area contributed by atoms with Crippen molar-refractivity contribution >= 4 is 39.5 Å². The van der Waals surface area contributed by atoms with Gasteiger partial charge in [-0.25, -0.2) is 0 Å². The molecule has 0 atom stereocenters. The van der Waals surface area contributed by atoms with Gasteiger partial charge in [0, 0.05) is 23.5 Å². The predicted octanol–water partition coefficient (Wildman–Crippen LogP) is 3.79. The second-order valence-corrected chi connectivity index (χ2v) is 7.16. The Kier molecular flexibility index (Phi) is 3.79. The normalized spacial score (nSPS) is 11.5. The third kappa shape index (κ3) is 2.58. The number of hydrogen-bond donors (Lipinski definition) is 0. The number of nitrogens with zero attached hydrogens (tertiary/aromatic N) is 6. The first kappa shape index (κ1) is 15.6. The molecule has 0 aliphatic heterocycles. The summed E-state index contributed by atoms with van der Waals surface area (Å²) in [5.74, 6) is 0.696. The molecule has 0 bridgehead atoms. The third-order valence-electron chi connectivity index (χ3n) is 3.67. The van der Waals surface area contributed by atoms with Crippen molar-refractivity contribution in [3.8, 4) is 10.7 Å². The lowest BCUT2D eigenvalue weighted by Crippen LogP contribution is -2.00. The van der Waals surface area contributed by atoms with Gasteiger partial charge < -0.3 is 0 Å². The van der Waals surface area contributed by atoms with E-state index < -0.39 is 0 Å². The summed E-state index contributed by atoms with van der Waals surface area (Å²) in [6, 6.07) is 7.44. The monoisotopic (exact) mass is 378 g/mol. The van der Waals surface area contributed by atoms with Crippen LogP contribution < -0.4 is 0 Å². The van der Waals surface area contributed by atoms with Gasteiger partial charge >= 0.3 is 0 Å². The molecule has 24 heavy (non-hydrogen) atoms. The van der Waals surface area contributed by atoms with Crippen molar-refractivity contribution in [3.63, 3.8) is 0 Å². The van der Waals surface area contributed by atoms with E-state index in [0.717, 1.165) is 26.9 Å². The van der Waals surface area contributed by atoms with E-state index in [2.05, 4.69) is 20.4 Å². The van der Waals surface area contributed by atoms with E-state index in [0.29, 0.717) is 22.3 Å². The number of benzene rings is 1. The Hall–Kier alpha value is -1.96. The fourth-order valence-electron chi connectivity index (χ4n) is 2.54. The van der Waals surface area contributed by atoms with Crippen molar-refractivity contribution in [2.24, 2.45) is 7.05 Å². The molecule has 0 unspecified atom stereocenters. The Bertz CT molecular complexity index is 1030. The van der Waals surface area contributed by atoms with Crippen molar-refractivity contribution in [2.45, 2.75) is 13.3 Å². The van der Waals surface area contributed by atoms with Gasteiger partial charge in [-0.1, -0.05) is 40.6 Å². The molecule has 9 heteroatoms. The van der Waals surface area contributed by atoms with E-state index in [-0.39, 0.29) is 0 Å². The molecule has 122 valence electrons. The summed E-state index contributed by atoms with van der Waals surface area (Å²) < 4.78 is 3.55. The van der Waals surface area contributed by atoms with Crippen LogP contribution in [-0.4, -0.2) is 29.6 Å². The van der Waals surface area contributed by atoms with E-state index in [1.165, 1.54) is 11.3 Å². The highest BCUT2D eigenvalue weighted by Crippen LogP contribution is 2.29. The molecular weight excluding hydrogens is 367 g/mol. The van der Waals surface area contributed by atoms with Crippen LogP contribution in [0.15, 0.2) is 24.3 Å². The molecule has 0 aliphatic rings. The molecular formula is C15H12Cl2N6S. The molecule has 0 saturated heterocycles. The van der Waals surface area contributed by atoms with Crippen LogP contribution in [0, 0.1) is 6.92 Å². The summed E-state index contributed by atoms with van der Waals surface area (Å²) in [5, 5.41) is 19.5. The van der Waals surface area contributed by atoms with Gasteiger partial charge in [-0.2, -0.15) is 14.7 Å². The van der Waals surface area contributed by atoms with Crippen molar-refractivity contribution < 1.29 is 0 Å². The Labute approximate surface area is 151 Å². The van der Waals surface area contributed by atoms with E-state index in [1.807, 2.05) is 42.9 Å². The smallest absolute Gasteiger partial charge is 0.235 e. The summed E-state index contributed by atoms with van der Waals surface area (Å²) in [6.45, 7) is 1.95. The van der Waals surface area contributed by atoms with Crippen LogP contribution in [0.25, 0.3) is 15.7 Å². The van der Waals surface area contributed by atoms with E-state index in [4.69, 9.17) is 23.2 Å².